The number of aromatic amines is 1. The number of hydrogen-bond donors (Lipinski definition) is 1. The summed E-state index contributed by atoms with van der Waals surface area (Å²) in [4.78, 5) is 17.0. The summed E-state index contributed by atoms with van der Waals surface area (Å²) < 4.78 is 24.6. The molecule has 26 heavy (non-hydrogen) atoms. The quantitative estimate of drug-likeness (QED) is 0.793. The number of piperazine rings is 1. The number of aryl methyl sites for hydroxylation is 1. The number of H-pyrrole nitrogens is 1. The summed E-state index contributed by atoms with van der Waals surface area (Å²) in [5.74, 6) is 0.00353. The molecule has 2 aliphatic heterocycles. The number of fused-ring (bicyclic) bond motifs is 1. The molecule has 144 valence electrons. The van der Waals surface area contributed by atoms with E-state index in [-0.39, 0.29) is 29.5 Å². The maximum Gasteiger partial charge on any atom is 0.275 e. The summed E-state index contributed by atoms with van der Waals surface area (Å²) in [7, 11) is -3.14. The predicted molar refractivity (Wildman–Crippen MR) is 101 cm³/mol. The second-order valence-electron chi connectivity index (χ2n) is 7.52. The topological polar surface area (TPSA) is 86.4 Å². The molecule has 0 unspecified atom stereocenters. The van der Waals surface area contributed by atoms with Gasteiger partial charge in [0.2, 0.25) is 0 Å². The monoisotopic (exact) mass is 380 g/mol. The molecule has 0 saturated carbocycles. The first-order valence-corrected chi connectivity index (χ1v) is 11.0. The second-order valence-corrected chi connectivity index (χ2v) is 9.67. The molecule has 7 nitrogen and oxygen atoms in total. The molecule has 1 N–H and O–H groups in total. The van der Waals surface area contributed by atoms with Crippen molar-refractivity contribution in [3.8, 4) is 0 Å². The third kappa shape index (κ3) is 3.57. The molecule has 0 bridgehead atoms. The van der Waals surface area contributed by atoms with Crippen molar-refractivity contribution in [2.75, 3.05) is 31.1 Å². The lowest BCUT2D eigenvalue weighted by molar-refractivity contribution is 0.0362. The maximum absolute atomic E-state index is 13.1. The van der Waals surface area contributed by atoms with Gasteiger partial charge in [-0.3, -0.25) is 14.8 Å². The number of rotatable bonds is 4. The highest BCUT2D eigenvalue weighted by Crippen LogP contribution is 2.28. The van der Waals surface area contributed by atoms with Crippen LogP contribution in [0.4, 0.5) is 0 Å². The first-order valence-electron chi connectivity index (χ1n) is 9.16. The van der Waals surface area contributed by atoms with Gasteiger partial charge in [0.1, 0.15) is 0 Å². The lowest BCUT2D eigenvalue weighted by Gasteiger charge is -2.43. The molecule has 8 heteroatoms. The van der Waals surface area contributed by atoms with Crippen molar-refractivity contribution in [3.05, 3.63) is 28.6 Å². The molecule has 0 aliphatic carbocycles. The van der Waals surface area contributed by atoms with E-state index >= 15 is 0 Å². The highest BCUT2D eigenvalue weighted by molar-refractivity contribution is 7.91. The molecule has 1 aromatic heterocycles. The molecular weight excluding hydrogens is 352 g/mol. The van der Waals surface area contributed by atoms with Crippen molar-refractivity contribution >= 4 is 15.7 Å². The smallest absolute Gasteiger partial charge is 0.275 e. The van der Waals surface area contributed by atoms with Gasteiger partial charge < -0.3 is 4.90 Å². The molecule has 3 heterocycles. The average Bonchev–Trinajstić information content (AvgIpc) is 3.10. The fraction of sp³-hybridized carbons (Fsp3) is 0.667. The van der Waals surface area contributed by atoms with E-state index in [0.29, 0.717) is 18.8 Å². The van der Waals surface area contributed by atoms with Crippen molar-refractivity contribution in [1.82, 2.24) is 20.0 Å². The van der Waals surface area contributed by atoms with E-state index in [0.717, 1.165) is 24.2 Å². The first-order chi connectivity index (χ1) is 12.2. The summed E-state index contributed by atoms with van der Waals surface area (Å²) in [6.45, 7) is 9.90. The van der Waals surface area contributed by atoms with Crippen molar-refractivity contribution in [2.45, 2.75) is 46.2 Å². The van der Waals surface area contributed by atoms with Gasteiger partial charge in [0, 0.05) is 36.9 Å². The minimum absolute atomic E-state index is 0.0405. The fourth-order valence-corrected chi connectivity index (χ4v) is 5.94. The second kappa shape index (κ2) is 7.15. The van der Waals surface area contributed by atoms with Crippen molar-refractivity contribution in [3.63, 3.8) is 0 Å². The van der Waals surface area contributed by atoms with E-state index in [4.69, 9.17) is 0 Å². The van der Waals surface area contributed by atoms with Crippen LogP contribution in [0.1, 0.15) is 42.5 Å². The van der Waals surface area contributed by atoms with Gasteiger partial charge in [-0.15, -0.1) is 0 Å². The van der Waals surface area contributed by atoms with Gasteiger partial charge in [-0.25, -0.2) is 8.42 Å². The molecule has 1 amide bonds. The van der Waals surface area contributed by atoms with Crippen LogP contribution >= 0.6 is 0 Å². The highest BCUT2D eigenvalue weighted by Gasteiger charge is 2.48. The van der Waals surface area contributed by atoms with Crippen LogP contribution in [0.15, 0.2) is 11.6 Å². The maximum atomic E-state index is 13.1. The predicted octanol–water partition coefficient (Wildman–Crippen LogP) is 1.17. The molecule has 1 aromatic rings. The van der Waals surface area contributed by atoms with E-state index in [1.807, 2.05) is 27.7 Å². The van der Waals surface area contributed by atoms with E-state index < -0.39 is 9.84 Å². The van der Waals surface area contributed by atoms with Gasteiger partial charge >= 0.3 is 0 Å². The molecule has 0 radical (unpaired) electrons. The third-order valence-corrected chi connectivity index (χ3v) is 7.15. The zero-order valence-electron chi connectivity index (χ0n) is 15.9. The summed E-state index contributed by atoms with van der Waals surface area (Å²) in [5, 5.41) is 7.13. The number of carbonyl (C=O) groups excluding carboxylic acids is 1. The van der Waals surface area contributed by atoms with E-state index in [1.54, 1.807) is 4.90 Å². The van der Waals surface area contributed by atoms with Crippen LogP contribution in [-0.2, 0) is 16.3 Å². The van der Waals surface area contributed by atoms with Crippen molar-refractivity contribution in [2.24, 2.45) is 0 Å². The molecule has 0 spiro atoms. The van der Waals surface area contributed by atoms with E-state index in [9.17, 15) is 13.2 Å². The fourth-order valence-electron chi connectivity index (χ4n) is 3.93. The van der Waals surface area contributed by atoms with Crippen LogP contribution < -0.4 is 0 Å². The summed E-state index contributed by atoms with van der Waals surface area (Å²) in [6, 6.07) is -0.439. The Morgan fingerprint density at radius 3 is 2.58 bits per heavy atom. The third-order valence-electron chi connectivity index (χ3n) is 5.45. The Bertz CT molecular complexity index is 823. The molecule has 2 fully saturated rings. The van der Waals surface area contributed by atoms with E-state index in [1.165, 1.54) is 5.57 Å². The number of allylic oxidation sites excluding steroid dienone is 1. The minimum Gasteiger partial charge on any atom is -0.330 e. The molecular formula is C18H28N4O3S. The SMILES string of the molecule is CCc1[nH]nc(C(=O)N2CCN(CC=C(C)C)[C@@H]3CS(=O)(=O)C[C@@H]32)c1C. The number of hydrogen-bond acceptors (Lipinski definition) is 5. The molecule has 3 rings (SSSR count). The number of amides is 1. The van der Waals surface area contributed by atoms with Crippen LogP contribution in [0, 0.1) is 6.92 Å². The number of nitrogens with zero attached hydrogens (tertiary/aromatic N) is 3. The highest BCUT2D eigenvalue weighted by atomic mass is 32.2. The van der Waals surface area contributed by atoms with Crippen LogP contribution in [0.25, 0.3) is 0 Å². The molecule has 2 atom stereocenters. The summed E-state index contributed by atoms with van der Waals surface area (Å²) in [5.41, 5.74) is 3.44. The average molecular weight is 381 g/mol. The zero-order chi connectivity index (χ0) is 19.1. The lowest BCUT2D eigenvalue weighted by Crippen LogP contribution is -2.60. The van der Waals surface area contributed by atoms with Crippen LogP contribution in [0.2, 0.25) is 0 Å². The summed E-state index contributed by atoms with van der Waals surface area (Å²) >= 11 is 0. The molecule has 0 aromatic carbocycles. The number of aromatic nitrogens is 2. The van der Waals surface area contributed by atoms with Crippen molar-refractivity contribution < 1.29 is 13.2 Å². The Morgan fingerprint density at radius 2 is 1.96 bits per heavy atom. The molecule has 2 saturated heterocycles. The van der Waals surface area contributed by atoms with Crippen LogP contribution in [-0.4, -0.2) is 77.5 Å². The lowest BCUT2D eigenvalue weighted by atomic mass is 10.0. The Balaban J connectivity index is 1.86. The number of nitrogens with one attached hydrogen (secondary N) is 1. The Labute approximate surface area is 155 Å². The minimum atomic E-state index is -3.14. The van der Waals surface area contributed by atoms with Gasteiger partial charge in [-0.05, 0) is 27.2 Å². The number of carbonyl (C=O) groups is 1. The van der Waals surface area contributed by atoms with Gasteiger partial charge in [0.15, 0.2) is 15.5 Å². The normalized spacial score (nSPS) is 25.2. The van der Waals surface area contributed by atoms with Gasteiger partial charge in [-0.1, -0.05) is 18.6 Å². The molecule has 2 aliphatic rings. The van der Waals surface area contributed by atoms with Gasteiger partial charge in [0.25, 0.3) is 5.91 Å². The van der Waals surface area contributed by atoms with Crippen LogP contribution in [0.5, 0.6) is 0 Å². The van der Waals surface area contributed by atoms with Crippen LogP contribution in [0.3, 0.4) is 0 Å². The van der Waals surface area contributed by atoms with Gasteiger partial charge in [-0.2, -0.15) is 5.10 Å². The number of sulfone groups is 1. The van der Waals surface area contributed by atoms with Crippen molar-refractivity contribution in [1.29, 1.82) is 0 Å². The zero-order valence-corrected chi connectivity index (χ0v) is 16.8. The Morgan fingerprint density at radius 1 is 1.27 bits per heavy atom. The Hall–Kier alpha value is -1.67. The summed E-state index contributed by atoms with van der Waals surface area (Å²) in [6.07, 6.45) is 2.90. The largest absolute Gasteiger partial charge is 0.330 e. The van der Waals surface area contributed by atoms with Gasteiger partial charge in [0.05, 0.1) is 17.5 Å². The Kier molecular flexibility index (Phi) is 5.25. The standard InChI is InChI=1S/C18H28N4O3S/c1-5-14-13(4)17(20-19-14)18(23)22-9-8-21(7-6-12(2)3)15-10-26(24,25)11-16(15)22/h6,15-16H,5,7-11H2,1-4H3,(H,19,20)/t15-,16+/m1/s1. The van der Waals surface area contributed by atoms with E-state index in [2.05, 4.69) is 21.2 Å². The first kappa shape index (κ1) is 19.1.